The van der Waals surface area contributed by atoms with Crippen LogP contribution in [0.4, 0.5) is 5.95 Å². The molecule has 0 atom stereocenters. The number of benzene rings is 1. The number of nitrogen functional groups attached to an aromatic ring is 1. The lowest BCUT2D eigenvalue weighted by Crippen LogP contribution is -2.04. The van der Waals surface area contributed by atoms with Crippen molar-refractivity contribution in [3.63, 3.8) is 0 Å². The predicted octanol–water partition coefficient (Wildman–Crippen LogP) is 2.35. The van der Waals surface area contributed by atoms with Gasteiger partial charge in [-0.15, -0.1) is 0 Å². The summed E-state index contributed by atoms with van der Waals surface area (Å²) in [6, 6.07) is 3.45. The fraction of sp³-hybridized carbons (Fsp3) is 0.308. The van der Waals surface area contributed by atoms with Gasteiger partial charge in [0.05, 0.1) is 19.2 Å². The first kappa shape index (κ1) is 14.3. The van der Waals surface area contributed by atoms with Crippen LogP contribution in [0.3, 0.4) is 0 Å². The van der Waals surface area contributed by atoms with Gasteiger partial charge in [0.25, 0.3) is 0 Å². The minimum Gasteiger partial charge on any atom is -0.493 e. The Bertz CT molecular complexity index is 634. The molecule has 2 aromatic rings. The molecule has 1 aromatic carbocycles. The highest BCUT2D eigenvalue weighted by molar-refractivity contribution is 6.32. The maximum absolute atomic E-state index is 6.17. The van der Waals surface area contributed by atoms with Crippen molar-refractivity contribution in [3.8, 4) is 22.9 Å². The van der Waals surface area contributed by atoms with Gasteiger partial charge in [0.15, 0.2) is 17.3 Å². The molecule has 0 spiro atoms. The van der Waals surface area contributed by atoms with Crippen molar-refractivity contribution >= 4 is 17.5 Å². The number of hydrogen-bond acceptors (Lipinski definition) is 6. The van der Waals surface area contributed by atoms with Crippen LogP contribution < -0.4 is 15.2 Å². The largest absolute Gasteiger partial charge is 0.493 e. The Kier molecular flexibility index (Phi) is 4.24. The predicted molar refractivity (Wildman–Crippen MR) is 77.2 cm³/mol. The molecule has 1 heterocycles. The van der Waals surface area contributed by atoms with Crippen LogP contribution >= 0.6 is 11.6 Å². The van der Waals surface area contributed by atoms with E-state index in [0.29, 0.717) is 40.2 Å². The van der Waals surface area contributed by atoms with Crippen LogP contribution in [0.25, 0.3) is 11.4 Å². The quantitative estimate of drug-likeness (QED) is 0.932. The van der Waals surface area contributed by atoms with Crippen molar-refractivity contribution in [1.82, 2.24) is 15.0 Å². The molecule has 0 aliphatic heterocycles. The number of aryl methyl sites for hydroxylation is 1. The van der Waals surface area contributed by atoms with Crippen molar-refractivity contribution in [2.24, 2.45) is 0 Å². The highest BCUT2D eigenvalue weighted by Gasteiger charge is 2.14. The first-order valence-electron chi connectivity index (χ1n) is 6.01. The molecule has 0 aliphatic rings. The average Bonchev–Trinajstić information content (AvgIpc) is 2.45. The van der Waals surface area contributed by atoms with Gasteiger partial charge >= 0.3 is 0 Å². The molecular weight excluding hydrogens is 280 g/mol. The summed E-state index contributed by atoms with van der Waals surface area (Å²) >= 11 is 6.17. The van der Waals surface area contributed by atoms with E-state index in [4.69, 9.17) is 26.8 Å². The first-order chi connectivity index (χ1) is 9.58. The summed E-state index contributed by atoms with van der Waals surface area (Å²) in [6.07, 6.45) is 0.667. The van der Waals surface area contributed by atoms with Crippen LogP contribution in [-0.2, 0) is 6.42 Å². The standard InChI is InChI=1S/C13H15ClN4O2/c1-4-10-16-12(18-13(15)17-10)7-5-8(14)11(20-3)9(6-7)19-2/h5-6H,4H2,1-3H3,(H2,15,16,17,18). The highest BCUT2D eigenvalue weighted by atomic mass is 35.5. The van der Waals surface area contributed by atoms with Crippen LogP contribution in [0.2, 0.25) is 5.02 Å². The number of nitrogens with two attached hydrogens (primary N) is 1. The number of hydrogen-bond donors (Lipinski definition) is 1. The zero-order valence-corrected chi connectivity index (χ0v) is 12.2. The molecule has 0 saturated heterocycles. The summed E-state index contributed by atoms with van der Waals surface area (Å²) in [5.41, 5.74) is 6.38. The Hall–Kier alpha value is -2.08. The van der Waals surface area contributed by atoms with Crippen molar-refractivity contribution in [3.05, 3.63) is 23.0 Å². The van der Waals surface area contributed by atoms with E-state index in [0.717, 1.165) is 0 Å². The molecule has 0 saturated carbocycles. The molecule has 2 rings (SSSR count). The zero-order valence-electron chi connectivity index (χ0n) is 11.5. The molecule has 20 heavy (non-hydrogen) atoms. The summed E-state index contributed by atoms with van der Waals surface area (Å²) in [5.74, 6) is 2.23. The molecule has 0 fully saturated rings. The Morgan fingerprint density at radius 1 is 1.15 bits per heavy atom. The summed E-state index contributed by atoms with van der Waals surface area (Å²) < 4.78 is 10.4. The summed E-state index contributed by atoms with van der Waals surface area (Å²) in [7, 11) is 3.07. The second-order valence-corrected chi connectivity index (χ2v) is 4.39. The van der Waals surface area contributed by atoms with Gasteiger partial charge in [-0.1, -0.05) is 18.5 Å². The fourth-order valence-electron chi connectivity index (χ4n) is 1.77. The molecule has 6 nitrogen and oxygen atoms in total. The molecule has 0 aliphatic carbocycles. The lowest BCUT2D eigenvalue weighted by atomic mass is 10.2. The minimum atomic E-state index is 0.178. The smallest absolute Gasteiger partial charge is 0.223 e. The Morgan fingerprint density at radius 2 is 1.90 bits per heavy atom. The van der Waals surface area contributed by atoms with E-state index >= 15 is 0 Å². The van der Waals surface area contributed by atoms with Crippen LogP contribution in [0, 0.1) is 0 Å². The van der Waals surface area contributed by atoms with E-state index in [1.165, 1.54) is 14.2 Å². The van der Waals surface area contributed by atoms with Crippen molar-refractivity contribution in [2.75, 3.05) is 20.0 Å². The second kappa shape index (κ2) is 5.92. The minimum absolute atomic E-state index is 0.178. The van der Waals surface area contributed by atoms with Crippen LogP contribution in [-0.4, -0.2) is 29.2 Å². The topological polar surface area (TPSA) is 83.2 Å². The average molecular weight is 295 g/mol. The van der Waals surface area contributed by atoms with E-state index in [9.17, 15) is 0 Å². The normalized spacial score (nSPS) is 10.4. The lowest BCUT2D eigenvalue weighted by Gasteiger charge is -2.11. The van der Waals surface area contributed by atoms with Gasteiger partial charge in [-0.25, -0.2) is 4.98 Å². The number of ether oxygens (including phenoxy) is 2. The SMILES string of the molecule is CCc1nc(N)nc(-c2cc(Cl)c(OC)c(OC)c2)n1. The monoisotopic (exact) mass is 294 g/mol. The molecule has 7 heteroatoms. The third-order valence-corrected chi connectivity index (χ3v) is 2.99. The number of rotatable bonds is 4. The third-order valence-electron chi connectivity index (χ3n) is 2.71. The summed E-state index contributed by atoms with van der Waals surface area (Å²) in [5, 5.41) is 0.416. The maximum atomic E-state index is 6.17. The van der Waals surface area contributed by atoms with Crippen LogP contribution in [0.5, 0.6) is 11.5 Å². The number of anilines is 1. The van der Waals surface area contributed by atoms with E-state index in [1.807, 2.05) is 6.92 Å². The van der Waals surface area contributed by atoms with Gasteiger partial charge < -0.3 is 15.2 Å². The number of methoxy groups -OCH3 is 2. The number of aromatic nitrogens is 3. The number of halogens is 1. The van der Waals surface area contributed by atoms with Gasteiger partial charge in [0.2, 0.25) is 5.95 Å². The molecule has 0 bridgehead atoms. The van der Waals surface area contributed by atoms with Crippen LogP contribution in [0.1, 0.15) is 12.7 Å². The third kappa shape index (κ3) is 2.75. The molecule has 0 unspecified atom stereocenters. The summed E-state index contributed by atoms with van der Waals surface area (Å²) in [6.45, 7) is 1.94. The Labute approximate surface area is 121 Å². The number of nitrogens with zero attached hydrogens (tertiary/aromatic N) is 3. The van der Waals surface area contributed by atoms with Gasteiger partial charge in [-0.05, 0) is 12.1 Å². The van der Waals surface area contributed by atoms with Crippen molar-refractivity contribution in [1.29, 1.82) is 0 Å². The second-order valence-electron chi connectivity index (χ2n) is 3.98. The van der Waals surface area contributed by atoms with E-state index in [2.05, 4.69) is 15.0 Å². The molecule has 0 radical (unpaired) electrons. The Morgan fingerprint density at radius 3 is 2.50 bits per heavy atom. The lowest BCUT2D eigenvalue weighted by molar-refractivity contribution is 0.355. The van der Waals surface area contributed by atoms with Gasteiger partial charge in [-0.2, -0.15) is 9.97 Å². The molecule has 2 N–H and O–H groups in total. The maximum Gasteiger partial charge on any atom is 0.223 e. The van der Waals surface area contributed by atoms with Gasteiger partial charge in [-0.3, -0.25) is 0 Å². The van der Waals surface area contributed by atoms with E-state index in [1.54, 1.807) is 12.1 Å². The molecule has 0 amide bonds. The van der Waals surface area contributed by atoms with Crippen molar-refractivity contribution in [2.45, 2.75) is 13.3 Å². The van der Waals surface area contributed by atoms with E-state index < -0.39 is 0 Å². The van der Waals surface area contributed by atoms with E-state index in [-0.39, 0.29) is 5.95 Å². The van der Waals surface area contributed by atoms with Crippen molar-refractivity contribution < 1.29 is 9.47 Å². The molecule has 106 valence electrons. The van der Waals surface area contributed by atoms with Gasteiger partial charge in [0, 0.05) is 12.0 Å². The van der Waals surface area contributed by atoms with Crippen LogP contribution in [0.15, 0.2) is 12.1 Å². The Balaban J connectivity index is 2.58. The zero-order chi connectivity index (χ0) is 14.7. The van der Waals surface area contributed by atoms with Gasteiger partial charge in [0.1, 0.15) is 5.82 Å². The highest BCUT2D eigenvalue weighted by Crippen LogP contribution is 2.38. The first-order valence-corrected chi connectivity index (χ1v) is 6.39. The summed E-state index contributed by atoms with van der Waals surface area (Å²) in [4.78, 5) is 12.5. The molecular formula is C13H15ClN4O2. The fourth-order valence-corrected chi connectivity index (χ4v) is 2.06. The molecule has 1 aromatic heterocycles.